The molecule has 1 heterocycles. The Morgan fingerprint density at radius 2 is 1.68 bits per heavy atom. The Morgan fingerprint density at radius 1 is 1.04 bits per heavy atom. The van der Waals surface area contributed by atoms with Gasteiger partial charge in [-0.25, -0.2) is 0 Å². The molecule has 0 bridgehead atoms. The van der Waals surface area contributed by atoms with Gasteiger partial charge in [0.1, 0.15) is 5.25 Å². The van der Waals surface area contributed by atoms with Crippen LogP contribution < -0.4 is 5.32 Å². The molecular weight excluding hydrogens is 332 g/mol. The van der Waals surface area contributed by atoms with E-state index in [2.05, 4.69) is 10.2 Å². The van der Waals surface area contributed by atoms with Gasteiger partial charge >= 0.3 is 0 Å². The van der Waals surface area contributed by atoms with Gasteiger partial charge in [-0.1, -0.05) is 48.5 Å². The first kappa shape index (κ1) is 18.0. The third-order valence-electron chi connectivity index (χ3n) is 4.17. The molecule has 5 heteroatoms. The van der Waals surface area contributed by atoms with Crippen LogP contribution in [0.4, 0.5) is 0 Å². The van der Waals surface area contributed by atoms with E-state index in [4.69, 9.17) is 4.74 Å². The molecule has 2 aromatic carbocycles. The third kappa shape index (κ3) is 5.59. The fraction of sp³-hybridized carbons (Fsp3) is 0.350. The maximum atomic E-state index is 12.8. The van der Waals surface area contributed by atoms with Gasteiger partial charge in [0.05, 0.1) is 13.2 Å². The second kappa shape index (κ2) is 9.61. The highest BCUT2D eigenvalue weighted by Crippen LogP contribution is 2.35. The number of amides is 1. The van der Waals surface area contributed by atoms with Gasteiger partial charge in [-0.2, -0.15) is 0 Å². The van der Waals surface area contributed by atoms with E-state index >= 15 is 0 Å². The van der Waals surface area contributed by atoms with Crippen molar-refractivity contribution < 1.29 is 9.53 Å². The Labute approximate surface area is 153 Å². The van der Waals surface area contributed by atoms with Crippen molar-refractivity contribution in [3.05, 3.63) is 66.2 Å². The van der Waals surface area contributed by atoms with Crippen molar-refractivity contribution in [3.63, 3.8) is 0 Å². The maximum absolute atomic E-state index is 12.8. The lowest BCUT2D eigenvalue weighted by Crippen LogP contribution is -2.42. The largest absolute Gasteiger partial charge is 0.379 e. The molecule has 1 fully saturated rings. The zero-order valence-electron chi connectivity index (χ0n) is 14.3. The standard InChI is InChI=1S/C20H24N2O2S/c23-20(21-11-12-22-13-15-24-16-14-22)19(17-7-3-1-4-8-17)25-18-9-5-2-6-10-18/h1-10,19H,11-16H2,(H,21,23)/t19-/m0/s1. The second-order valence-electron chi connectivity index (χ2n) is 5.97. The normalized spacial score (nSPS) is 16.3. The van der Waals surface area contributed by atoms with Crippen molar-refractivity contribution in [1.29, 1.82) is 0 Å². The Morgan fingerprint density at radius 3 is 2.36 bits per heavy atom. The molecule has 0 radical (unpaired) electrons. The summed E-state index contributed by atoms with van der Waals surface area (Å²) in [5, 5.41) is 2.86. The maximum Gasteiger partial charge on any atom is 0.238 e. The lowest BCUT2D eigenvalue weighted by molar-refractivity contribution is -0.120. The summed E-state index contributed by atoms with van der Waals surface area (Å²) in [4.78, 5) is 16.2. The van der Waals surface area contributed by atoms with Crippen LogP contribution in [-0.4, -0.2) is 50.2 Å². The molecular formula is C20H24N2O2S. The predicted molar refractivity (Wildman–Crippen MR) is 102 cm³/mol. The van der Waals surface area contributed by atoms with Crippen molar-refractivity contribution >= 4 is 17.7 Å². The van der Waals surface area contributed by atoms with Gasteiger partial charge in [0.2, 0.25) is 5.91 Å². The quantitative estimate of drug-likeness (QED) is 0.775. The van der Waals surface area contributed by atoms with Crippen LogP contribution in [0.25, 0.3) is 0 Å². The average molecular weight is 356 g/mol. The molecule has 3 rings (SSSR count). The average Bonchev–Trinajstić information content (AvgIpc) is 2.68. The molecule has 1 atom stereocenters. The predicted octanol–water partition coefficient (Wildman–Crippen LogP) is 2.97. The summed E-state index contributed by atoms with van der Waals surface area (Å²) in [7, 11) is 0. The van der Waals surface area contributed by atoms with Crippen LogP contribution in [0.1, 0.15) is 10.8 Å². The molecule has 0 spiro atoms. The number of hydrogen-bond donors (Lipinski definition) is 1. The second-order valence-corrected chi connectivity index (χ2v) is 7.15. The minimum absolute atomic E-state index is 0.0633. The van der Waals surface area contributed by atoms with Crippen LogP contribution in [-0.2, 0) is 9.53 Å². The molecule has 25 heavy (non-hydrogen) atoms. The van der Waals surface area contributed by atoms with E-state index in [1.54, 1.807) is 11.8 Å². The van der Waals surface area contributed by atoms with Gasteiger partial charge in [0.15, 0.2) is 0 Å². The van der Waals surface area contributed by atoms with Crippen molar-refractivity contribution in [2.45, 2.75) is 10.1 Å². The Bertz CT molecular complexity index is 645. The molecule has 0 unspecified atom stereocenters. The fourth-order valence-corrected chi connectivity index (χ4v) is 3.86. The molecule has 1 amide bonds. The minimum Gasteiger partial charge on any atom is -0.379 e. The summed E-state index contributed by atoms with van der Waals surface area (Å²) in [6.45, 7) is 4.98. The van der Waals surface area contributed by atoms with Gasteiger partial charge in [0.25, 0.3) is 0 Å². The molecule has 2 aromatic rings. The van der Waals surface area contributed by atoms with Crippen molar-refractivity contribution in [1.82, 2.24) is 10.2 Å². The van der Waals surface area contributed by atoms with E-state index in [1.807, 2.05) is 60.7 Å². The molecule has 0 aromatic heterocycles. The highest BCUT2D eigenvalue weighted by atomic mass is 32.2. The topological polar surface area (TPSA) is 41.6 Å². The smallest absolute Gasteiger partial charge is 0.238 e. The lowest BCUT2D eigenvalue weighted by Gasteiger charge is -2.26. The number of thioether (sulfide) groups is 1. The summed E-state index contributed by atoms with van der Waals surface area (Å²) < 4.78 is 5.36. The number of nitrogens with zero attached hydrogens (tertiary/aromatic N) is 1. The van der Waals surface area contributed by atoms with Crippen LogP contribution in [0.2, 0.25) is 0 Å². The number of hydrogen-bond acceptors (Lipinski definition) is 4. The molecule has 4 nitrogen and oxygen atoms in total. The molecule has 1 aliphatic heterocycles. The van der Waals surface area contributed by atoms with Gasteiger partial charge in [-0.3, -0.25) is 9.69 Å². The SMILES string of the molecule is O=C(NCCN1CCOCC1)[C@@H](Sc1ccccc1)c1ccccc1. The van der Waals surface area contributed by atoms with Crippen LogP contribution in [0.5, 0.6) is 0 Å². The summed E-state index contributed by atoms with van der Waals surface area (Å²) in [5.41, 5.74) is 1.03. The highest BCUT2D eigenvalue weighted by Gasteiger charge is 2.22. The molecule has 0 aliphatic carbocycles. The monoisotopic (exact) mass is 356 g/mol. The number of morpholine rings is 1. The molecule has 1 aliphatic rings. The number of carbonyl (C=O) groups excluding carboxylic acids is 1. The van der Waals surface area contributed by atoms with Crippen molar-refractivity contribution in [3.8, 4) is 0 Å². The lowest BCUT2D eigenvalue weighted by atomic mass is 10.1. The first-order valence-electron chi connectivity index (χ1n) is 8.67. The van der Waals surface area contributed by atoms with E-state index in [1.165, 1.54) is 0 Å². The van der Waals surface area contributed by atoms with Gasteiger partial charge in [0, 0.05) is 31.1 Å². The summed E-state index contributed by atoms with van der Waals surface area (Å²) in [6.07, 6.45) is 0. The van der Waals surface area contributed by atoms with Gasteiger partial charge in [-0.15, -0.1) is 11.8 Å². The summed E-state index contributed by atoms with van der Waals surface area (Å²) in [5.74, 6) is 0.0633. The molecule has 132 valence electrons. The van der Waals surface area contributed by atoms with E-state index in [9.17, 15) is 4.79 Å². The number of benzene rings is 2. The van der Waals surface area contributed by atoms with Gasteiger partial charge in [-0.05, 0) is 17.7 Å². The molecule has 1 saturated heterocycles. The zero-order chi connectivity index (χ0) is 17.3. The molecule has 0 saturated carbocycles. The van der Waals surface area contributed by atoms with E-state index in [-0.39, 0.29) is 11.2 Å². The first-order chi connectivity index (χ1) is 12.3. The van der Waals surface area contributed by atoms with Crippen LogP contribution in [0.15, 0.2) is 65.6 Å². The number of carbonyl (C=O) groups is 1. The van der Waals surface area contributed by atoms with E-state index in [0.717, 1.165) is 43.3 Å². The Kier molecular flexibility index (Phi) is 6.91. The summed E-state index contributed by atoms with van der Waals surface area (Å²) in [6, 6.07) is 20.0. The van der Waals surface area contributed by atoms with Crippen molar-refractivity contribution in [2.75, 3.05) is 39.4 Å². The molecule has 1 N–H and O–H groups in total. The number of ether oxygens (including phenoxy) is 1. The van der Waals surface area contributed by atoms with Gasteiger partial charge < -0.3 is 10.1 Å². The first-order valence-corrected chi connectivity index (χ1v) is 9.55. The third-order valence-corrected chi connectivity index (χ3v) is 5.43. The Hall–Kier alpha value is -1.82. The number of rotatable bonds is 7. The van der Waals surface area contributed by atoms with Crippen LogP contribution >= 0.6 is 11.8 Å². The Balaban J connectivity index is 1.60. The van der Waals surface area contributed by atoms with E-state index in [0.29, 0.717) is 6.54 Å². The summed E-state index contributed by atoms with van der Waals surface area (Å²) >= 11 is 1.59. The number of nitrogens with one attached hydrogen (secondary N) is 1. The van der Waals surface area contributed by atoms with Crippen LogP contribution in [0.3, 0.4) is 0 Å². The van der Waals surface area contributed by atoms with E-state index < -0.39 is 0 Å². The highest BCUT2D eigenvalue weighted by molar-refractivity contribution is 8.00. The van der Waals surface area contributed by atoms with Crippen molar-refractivity contribution in [2.24, 2.45) is 0 Å². The zero-order valence-corrected chi connectivity index (χ0v) is 15.1. The van der Waals surface area contributed by atoms with Crippen LogP contribution in [0, 0.1) is 0 Å². The fourth-order valence-electron chi connectivity index (χ4n) is 2.79. The minimum atomic E-state index is -0.242.